The lowest BCUT2D eigenvalue weighted by Crippen LogP contribution is -2.20. The van der Waals surface area contributed by atoms with Crippen LogP contribution in [-0.2, 0) is 9.05 Å². The Morgan fingerprint density at radius 1 is 1.08 bits per heavy atom. The number of hydrogen-bond donors (Lipinski definition) is 0. The van der Waals surface area contributed by atoms with Gasteiger partial charge in [-0.15, -0.1) is 0 Å². The van der Waals surface area contributed by atoms with E-state index < -0.39 is 7.40 Å². The summed E-state index contributed by atoms with van der Waals surface area (Å²) in [4.78, 5) is 0. The highest BCUT2D eigenvalue weighted by molar-refractivity contribution is 8.20. The maximum Gasteiger partial charge on any atom is 0.290 e. The molecule has 0 amide bonds. The predicted molar refractivity (Wildman–Crippen MR) is 59.6 cm³/mol. The van der Waals surface area contributed by atoms with Crippen molar-refractivity contribution in [1.82, 2.24) is 0 Å². The monoisotopic (exact) mass is 211 g/mol. The average Bonchev–Trinajstić information content (AvgIpc) is 1.86. The van der Waals surface area contributed by atoms with E-state index >= 15 is 0 Å². The van der Waals surface area contributed by atoms with Gasteiger partial charge in [0, 0.05) is 0 Å². The topological polar surface area (TPSA) is 18.5 Å². The zero-order valence-corrected chi connectivity index (χ0v) is 10.8. The van der Waals surface area contributed by atoms with Crippen LogP contribution >= 0.6 is 16.3 Å². The molecule has 1 unspecified atom stereocenters. The molecule has 0 bridgehead atoms. The minimum atomic E-state index is -1.74. The quantitative estimate of drug-likeness (QED) is 0.662. The first kappa shape index (κ1) is 12.8. The maximum atomic E-state index is 5.69. The van der Waals surface area contributed by atoms with Gasteiger partial charge < -0.3 is 0 Å². The second kappa shape index (κ2) is 4.86. The first-order valence-electron chi connectivity index (χ1n) is 4.34. The first-order chi connectivity index (χ1) is 5.37. The molecule has 0 saturated heterocycles. The summed E-state index contributed by atoms with van der Waals surface area (Å²) in [6.07, 6.45) is 0. The van der Waals surface area contributed by atoms with E-state index in [9.17, 15) is 0 Å². The summed E-state index contributed by atoms with van der Waals surface area (Å²) < 4.78 is 11.4. The third-order valence-corrected chi connectivity index (χ3v) is 7.95. The Bertz CT molecular complexity index is 126. The Morgan fingerprint density at radius 2 is 1.42 bits per heavy atom. The van der Waals surface area contributed by atoms with Gasteiger partial charge in [-0.05, 0) is 34.6 Å². The van der Waals surface area contributed by atoms with E-state index in [0.29, 0.717) is 13.2 Å². The molecule has 2 nitrogen and oxygen atoms in total. The molecule has 0 saturated carbocycles. The third-order valence-electron chi connectivity index (χ3n) is 1.58. The van der Waals surface area contributed by atoms with E-state index in [1.165, 1.54) is 0 Å². The second-order valence-corrected chi connectivity index (χ2v) is 8.69. The van der Waals surface area contributed by atoms with Gasteiger partial charge in [-0.3, -0.25) is 0 Å². The van der Waals surface area contributed by atoms with Crippen LogP contribution in [0.15, 0.2) is 0 Å². The largest absolute Gasteiger partial charge is 0.290 e. The number of hydrogen-bond acceptors (Lipinski definition) is 2. The summed E-state index contributed by atoms with van der Waals surface area (Å²) in [5.41, 5.74) is 0. The Morgan fingerprint density at radius 3 is 1.58 bits per heavy atom. The Labute approximate surface area is 79.0 Å². The van der Waals surface area contributed by atoms with Crippen molar-refractivity contribution in [2.45, 2.75) is 39.8 Å². The zero-order valence-electron chi connectivity index (χ0n) is 8.76. The molecule has 74 valence electrons. The van der Waals surface area contributed by atoms with Crippen LogP contribution in [0, 0.1) is 0 Å². The molecule has 12 heavy (non-hydrogen) atoms. The molecular formula is C8H21O2P2+. The van der Waals surface area contributed by atoms with Crippen molar-refractivity contribution < 1.29 is 9.05 Å². The van der Waals surface area contributed by atoms with Gasteiger partial charge in [0.05, 0.1) is 22.1 Å². The van der Waals surface area contributed by atoms with Crippen molar-refractivity contribution in [2.75, 3.05) is 13.2 Å². The van der Waals surface area contributed by atoms with Crippen LogP contribution in [0.25, 0.3) is 0 Å². The minimum Gasteiger partial charge on any atom is -0.204 e. The average molecular weight is 211 g/mol. The van der Waals surface area contributed by atoms with Gasteiger partial charge in [0.2, 0.25) is 0 Å². The molecule has 1 atom stereocenters. The van der Waals surface area contributed by atoms with Crippen LogP contribution in [0.1, 0.15) is 34.6 Å². The Kier molecular flexibility index (Phi) is 5.18. The van der Waals surface area contributed by atoms with Crippen LogP contribution in [0.3, 0.4) is 0 Å². The summed E-state index contributed by atoms with van der Waals surface area (Å²) in [5.74, 6) is 0. The van der Waals surface area contributed by atoms with Gasteiger partial charge in [-0.2, -0.15) is 0 Å². The smallest absolute Gasteiger partial charge is 0.204 e. The number of rotatable bonds is 4. The minimum absolute atomic E-state index is 0.0870. The van der Waals surface area contributed by atoms with E-state index in [2.05, 4.69) is 29.7 Å². The fraction of sp³-hybridized carbons (Fsp3) is 1.00. The summed E-state index contributed by atoms with van der Waals surface area (Å²) in [6, 6.07) is 0. The second-order valence-electron chi connectivity index (χ2n) is 3.60. The lowest BCUT2D eigenvalue weighted by molar-refractivity contribution is 0.248. The zero-order chi connectivity index (χ0) is 9.83. The molecule has 0 aliphatic rings. The molecule has 0 aromatic carbocycles. The Balaban J connectivity index is 4.38. The molecular weight excluding hydrogens is 190 g/mol. The van der Waals surface area contributed by atoms with Gasteiger partial charge >= 0.3 is 0 Å². The van der Waals surface area contributed by atoms with Crippen molar-refractivity contribution in [3.63, 3.8) is 0 Å². The van der Waals surface area contributed by atoms with Crippen molar-refractivity contribution in [3.05, 3.63) is 0 Å². The summed E-state index contributed by atoms with van der Waals surface area (Å²) >= 11 is 0. The lowest BCUT2D eigenvalue weighted by Gasteiger charge is -2.30. The summed E-state index contributed by atoms with van der Waals surface area (Å²) in [6.45, 7) is 11.9. The van der Waals surface area contributed by atoms with E-state index in [4.69, 9.17) is 9.05 Å². The normalized spacial score (nSPS) is 13.5. The third kappa shape index (κ3) is 3.26. The van der Waals surface area contributed by atoms with E-state index in [0.717, 1.165) is 0 Å². The molecule has 0 aromatic rings. The van der Waals surface area contributed by atoms with Gasteiger partial charge in [0.15, 0.2) is 0 Å². The standard InChI is InChI=1S/C8H21O2P2/c1-6-9-12(11,10-7-2)8(3,4)5/h6-7,11H2,1-5H3/q+1. The van der Waals surface area contributed by atoms with Crippen LogP contribution in [0.4, 0.5) is 0 Å². The fourth-order valence-electron chi connectivity index (χ4n) is 0.808. The van der Waals surface area contributed by atoms with Crippen molar-refractivity contribution in [1.29, 1.82) is 0 Å². The summed E-state index contributed by atoms with van der Waals surface area (Å²) in [7, 11) is 1.03. The van der Waals surface area contributed by atoms with E-state index in [1.807, 2.05) is 13.8 Å². The van der Waals surface area contributed by atoms with Gasteiger partial charge in [-0.25, -0.2) is 9.05 Å². The van der Waals surface area contributed by atoms with Gasteiger partial charge in [-0.1, -0.05) is 0 Å². The molecule has 0 spiro atoms. The Hall–Kier alpha value is 0.780. The van der Waals surface area contributed by atoms with Crippen LogP contribution in [0.5, 0.6) is 0 Å². The van der Waals surface area contributed by atoms with Gasteiger partial charge in [0.25, 0.3) is 7.40 Å². The predicted octanol–water partition coefficient (Wildman–Crippen LogP) is 3.50. The molecule has 0 aliphatic heterocycles. The van der Waals surface area contributed by atoms with Gasteiger partial charge in [0.1, 0.15) is 5.16 Å². The molecule has 0 rings (SSSR count). The molecule has 0 radical (unpaired) electrons. The van der Waals surface area contributed by atoms with Crippen LogP contribution in [-0.4, -0.2) is 18.4 Å². The van der Waals surface area contributed by atoms with Crippen molar-refractivity contribution in [3.8, 4) is 0 Å². The fourth-order valence-corrected chi connectivity index (χ4v) is 3.32. The molecule has 0 heterocycles. The molecule has 0 aliphatic carbocycles. The maximum absolute atomic E-state index is 5.69. The summed E-state index contributed by atoms with van der Waals surface area (Å²) in [5, 5.41) is 0.0870. The molecule has 0 N–H and O–H groups in total. The lowest BCUT2D eigenvalue weighted by atomic mass is 10.3. The van der Waals surface area contributed by atoms with E-state index in [1.54, 1.807) is 0 Å². The van der Waals surface area contributed by atoms with E-state index in [-0.39, 0.29) is 5.16 Å². The van der Waals surface area contributed by atoms with Crippen molar-refractivity contribution in [2.24, 2.45) is 0 Å². The highest BCUT2D eigenvalue weighted by Gasteiger charge is 2.49. The SMILES string of the molecule is CCO[P+](P)(OCC)C(C)(C)C. The highest BCUT2D eigenvalue weighted by atomic mass is 32.1. The highest BCUT2D eigenvalue weighted by Crippen LogP contribution is 2.76. The first-order valence-corrected chi connectivity index (χ1v) is 7.58. The molecule has 4 heteroatoms. The molecule has 0 aromatic heterocycles. The van der Waals surface area contributed by atoms with Crippen LogP contribution < -0.4 is 0 Å². The van der Waals surface area contributed by atoms with Crippen molar-refractivity contribution >= 4 is 16.3 Å². The van der Waals surface area contributed by atoms with Crippen LogP contribution in [0.2, 0.25) is 0 Å². The molecule has 0 fully saturated rings.